The maximum Gasteiger partial charge on any atom is 0.335 e. The maximum atomic E-state index is 12.1. The molecule has 1 aromatic rings. The molecule has 3 unspecified atom stereocenters. The standard InChI is InChI=1S/C15H17BrN2O3/c16-11-7-10(14(19)20)3-4-12(11)17-15(21)18-13-6-8-1-2-9(13)5-8/h3-4,7-9,13H,1-2,5-6H2,(H,19,20)(H2,17,18,21). The molecular weight excluding hydrogens is 336 g/mol. The van der Waals surface area contributed by atoms with E-state index in [1.54, 1.807) is 6.07 Å². The Morgan fingerprint density at radius 1 is 1.24 bits per heavy atom. The zero-order chi connectivity index (χ0) is 15.0. The van der Waals surface area contributed by atoms with Crippen LogP contribution in [0.3, 0.4) is 0 Å². The average Bonchev–Trinajstić information content (AvgIpc) is 3.03. The quantitative estimate of drug-likeness (QED) is 0.779. The minimum absolute atomic E-state index is 0.181. The van der Waals surface area contributed by atoms with E-state index in [-0.39, 0.29) is 17.6 Å². The normalized spacial score (nSPS) is 26.6. The molecule has 2 fully saturated rings. The molecule has 0 heterocycles. The van der Waals surface area contributed by atoms with Crippen LogP contribution in [0.5, 0.6) is 0 Å². The SMILES string of the molecule is O=C(Nc1ccc(C(=O)O)cc1Br)NC1CC2CCC1C2. The first-order valence-corrected chi connectivity index (χ1v) is 7.92. The van der Waals surface area contributed by atoms with Gasteiger partial charge in [-0.15, -0.1) is 0 Å². The number of aromatic carboxylic acids is 1. The summed E-state index contributed by atoms with van der Waals surface area (Å²) in [4.78, 5) is 22.9. The van der Waals surface area contributed by atoms with Gasteiger partial charge in [-0.3, -0.25) is 0 Å². The second-order valence-corrected chi connectivity index (χ2v) is 6.73. The third kappa shape index (κ3) is 3.05. The molecule has 21 heavy (non-hydrogen) atoms. The monoisotopic (exact) mass is 352 g/mol. The molecule has 112 valence electrons. The van der Waals surface area contributed by atoms with Crippen LogP contribution in [0.2, 0.25) is 0 Å². The van der Waals surface area contributed by atoms with E-state index in [2.05, 4.69) is 26.6 Å². The summed E-state index contributed by atoms with van der Waals surface area (Å²) in [5, 5.41) is 14.7. The van der Waals surface area contributed by atoms with Gasteiger partial charge in [0.2, 0.25) is 0 Å². The summed E-state index contributed by atoms with van der Waals surface area (Å²) in [6.07, 6.45) is 4.83. The predicted molar refractivity (Wildman–Crippen MR) is 82.5 cm³/mol. The molecule has 2 aliphatic carbocycles. The first-order chi connectivity index (χ1) is 10.0. The van der Waals surface area contributed by atoms with Crippen molar-refractivity contribution in [2.45, 2.75) is 31.7 Å². The van der Waals surface area contributed by atoms with Gasteiger partial charge in [0, 0.05) is 10.5 Å². The Labute approximate surface area is 131 Å². The molecule has 0 aromatic heterocycles. The number of carboxylic acids is 1. The topological polar surface area (TPSA) is 78.4 Å². The average molecular weight is 353 g/mol. The highest BCUT2D eigenvalue weighted by Crippen LogP contribution is 2.44. The third-order valence-electron chi connectivity index (χ3n) is 4.52. The van der Waals surface area contributed by atoms with Crippen LogP contribution in [-0.4, -0.2) is 23.1 Å². The molecule has 5 nitrogen and oxygen atoms in total. The van der Waals surface area contributed by atoms with Crippen molar-refractivity contribution in [3.05, 3.63) is 28.2 Å². The van der Waals surface area contributed by atoms with Crippen molar-refractivity contribution in [1.29, 1.82) is 0 Å². The first-order valence-electron chi connectivity index (χ1n) is 7.13. The van der Waals surface area contributed by atoms with Crippen LogP contribution >= 0.6 is 15.9 Å². The van der Waals surface area contributed by atoms with Crippen molar-refractivity contribution in [2.24, 2.45) is 11.8 Å². The second kappa shape index (κ2) is 5.67. The van der Waals surface area contributed by atoms with Gasteiger partial charge in [-0.05, 0) is 65.2 Å². The number of rotatable bonds is 3. The van der Waals surface area contributed by atoms with Crippen molar-refractivity contribution in [2.75, 3.05) is 5.32 Å². The predicted octanol–water partition coefficient (Wildman–Crippen LogP) is 3.46. The number of hydrogen-bond acceptors (Lipinski definition) is 2. The van der Waals surface area contributed by atoms with E-state index in [9.17, 15) is 9.59 Å². The highest BCUT2D eigenvalue weighted by Gasteiger charge is 2.40. The molecule has 2 aliphatic rings. The lowest BCUT2D eigenvalue weighted by Crippen LogP contribution is -2.41. The van der Waals surface area contributed by atoms with Crippen LogP contribution in [0.4, 0.5) is 10.5 Å². The lowest BCUT2D eigenvalue weighted by Gasteiger charge is -2.23. The Morgan fingerprint density at radius 2 is 2.05 bits per heavy atom. The minimum Gasteiger partial charge on any atom is -0.478 e. The Morgan fingerprint density at radius 3 is 2.62 bits per heavy atom. The fraction of sp³-hybridized carbons (Fsp3) is 0.467. The van der Waals surface area contributed by atoms with Crippen molar-refractivity contribution < 1.29 is 14.7 Å². The molecule has 0 spiro atoms. The smallest absolute Gasteiger partial charge is 0.335 e. The maximum absolute atomic E-state index is 12.1. The van der Waals surface area contributed by atoms with Crippen LogP contribution in [0, 0.1) is 11.8 Å². The number of hydrogen-bond donors (Lipinski definition) is 3. The number of carboxylic acid groups (broad SMARTS) is 1. The highest BCUT2D eigenvalue weighted by atomic mass is 79.9. The number of urea groups is 1. The van der Waals surface area contributed by atoms with E-state index in [1.807, 2.05) is 0 Å². The number of benzene rings is 1. The lowest BCUT2D eigenvalue weighted by molar-refractivity contribution is 0.0697. The molecule has 2 bridgehead atoms. The van der Waals surface area contributed by atoms with Gasteiger partial charge in [0.25, 0.3) is 0 Å². The summed E-state index contributed by atoms with van der Waals surface area (Å²) in [7, 11) is 0. The van der Waals surface area contributed by atoms with E-state index in [4.69, 9.17) is 5.11 Å². The van der Waals surface area contributed by atoms with Gasteiger partial charge in [-0.2, -0.15) is 0 Å². The van der Waals surface area contributed by atoms with E-state index in [0.717, 1.165) is 12.3 Å². The number of halogens is 1. The lowest BCUT2D eigenvalue weighted by atomic mass is 9.95. The molecule has 0 radical (unpaired) electrons. The second-order valence-electron chi connectivity index (χ2n) is 5.88. The van der Waals surface area contributed by atoms with E-state index in [1.165, 1.54) is 31.4 Å². The number of nitrogens with one attached hydrogen (secondary N) is 2. The van der Waals surface area contributed by atoms with Gasteiger partial charge in [0.1, 0.15) is 0 Å². The molecule has 0 aliphatic heterocycles. The first kappa shape index (κ1) is 14.4. The van der Waals surface area contributed by atoms with Crippen LogP contribution < -0.4 is 10.6 Å². The summed E-state index contributed by atoms with van der Waals surface area (Å²) in [5.74, 6) is 0.411. The fourth-order valence-corrected chi connectivity index (χ4v) is 3.98. The number of carbonyl (C=O) groups is 2. The largest absolute Gasteiger partial charge is 0.478 e. The highest BCUT2D eigenvalue weighted by molar-refractivity contribution is 9.10. The molecule has 6 heteroatoms. The van der Waals surface area contributed by atoms with E-state index >= 15 is 0 Å². The van der Waals surface area contributed by atoms with Gasteiger partial charge in [0.05, 0.1) is 11.3 Å². The van der Waals surface area contributed by atoms with E-state index in [0.29, 0.717) is 16.1 Å². The number of amides is 2. The van der Waals surface area contributed by atoms with Gasteiger partial charge in [0.15, 0.2) is 0 Å². The molecule has 3 N–H and O–H groups in total. The zero-order valence-electron chi connectivity index (χ0n) is 11.4. The van der Waals surface area contributed by atoms with Crippen LogP contribution in [0.25, 0.3) is 0 Å². The molecule has 1 aromatic carbocycles. The molecule has 3 rings (SSSR count). The van der Waals surface area contributed by atoms with Crippen molar-refractivity contribution in [3.63, 3.8) is 0 Å². The van der Waals surface area contributed by atoms with Gasteiger partial charge < -0.3 is 15.7 Å². The number of carbonyl (C=O) groups excluding carboxylic acids is 1. The van der Waals surface area contributed by atoms with Gasteiger partial charge in [-0.1, -0.05) is 6.42 Å². The van der Waals surface area contributed by atoms with Crippen molar-refractivity contribution >= 4 is 33.6 Å². The Kier molecular flexibility index (Phi) is 3.89. The number of fused-ring (bicyclic) bond motifs is 2. The Balaban J connectivity index is 1.61. The summed E-state index contributed by atoms with van der Waals surface area (Å²) in [6.45, 7) is 0. The van der Waals surface area contributed by atoms with Crippen molar-refractivity contribution in [3.8, 4) is 0 Å². The van der Waals surface area contributed by atoms with Gasteiger partial charge in [-0.25, -0.2) is 9.59 Å². The fourth-order valence-electron chi connectivity index (χ4n) is 3.50. The summed E-state index contributed by atoms with van der Waals surface area (Å²) >= 11 is 3.28. The van der Waals surface area contributed by atoms with Gasteiger partial charge >= 0.3 is 12.0 Å². The third-order valence-corrected chi connectivity index (χ3v) is 5.17. The van der Waals surface area contributed by atoms with Crippen molar-refractivity contribution in [1.82, 2.24) is 5.32 Å². The van der Waals surface area contributed by atoms with E-state index < -0.39 is 5.97 Å². The molecule has 0 saturated heterocycles. The zero-order valence-corrected chi connectivity index (χ0v) is 13.0. The number of anilines is 1. The summed E-state index contributed by atoms with van der Waals surface area (Å²) < 4.78 is 0.561. The van der Waals surface area contributed by atoms with Crippen LogP contribution in [0.1, 0.15) is 36.0 Å². The summed E-state index contributed by atoms with van der Waals surface area (Å²) in [6, 6.07) is 4.60. The summed E-state index contributed by atoms with van der Waals surface area (Å²) in [5.41, 5.74) is 0.751. The molecular formula is C15H17BrN2O3. The molecule has 3 atom stereocenters. The minimum atomic E-state index is -0.992. The van der Waals surface area contributed by atoms with Crippen LogP contribution in [0.15, 0.2) is 22.7 Å². The van der Waals surface area contributed by atoms with Crippen LogP contribution in [-0.2, 0) is 0 Å². The molecule has 2 amide bonds. The Hall–Kier alpha value is -1.56. The molecule has 2 saturated carbocycles. The Bertz CT molecular complexity index is 590.